The van der Waals surface area contributed by atoms with Gasteiger partial charge in [0.2, 0.25) is 5.16 Å². The summed E-state index contributed by atoms with van der Waals surface area (Å²) in [5.41, 5.74) is 1.93. The van der Waals surface area contributed by atoms with Crippen molar-refractivity contribution >= 4 is 23.1 Å². The van der Waals surface area contributed by atoms with Crippen LogP contribution in [0, 0.1) is 0 Å². The number of ether oxygens (including phenoxy) is 2. The van der Waals surface area contributed by atoms with Gasteiger partial charge in [0, 0.05) is 17.6 Å². The largest absolute Gasteiger partial charge is 0.493 e. The lowest BCUT2D eigenvalue weighted by atomic mass is 10.2. The molecule has 2 heterocycles. The summed E-state index contributed by atoms with van der Waals surface area (Å²) in [4.78, 5) is 9.10. The number of thioether (sulfide) groups is 1. The fraction of sp³-hybridized carbons (Fsp3) is 0.312. The molecule has 0 saturated carbocycles. The lowest BCUT2D eigenvalue weighted by Gasteiger charge is -2.10. The van der Waals surface area contributed by atoms with Gasteiger partial charge in [0.15, 0.2) is 11.5 Å². The number of rotatable bonds is 7. The summed E-state index contributed by atoms with van der Waals surface area (Å²) in [5.74, 6) is 3.03. The normalized spacial score (nSPS) is 10.8. The van der Waals surface area contributed by atoms with Crippen LogP contribution < -0.4 is 9.47 Å². The molecule has 126 valence electrons. The number of nitrogens with zero attached hydrogens (tertiary/aromatic N) is 3. The van der Waals surface area contributed by atoms with Crippen LogP contribution in [0.2, 0.25) is 0 Å². The quantitative estimate of drug-likeness (QED) is 0.645. The Labute approximate surface area is 148 Å². The van der Waals surface area contributed by atoms with E-state index < -0.39 is 0 Å². The Kier molecular flexibility index (Phi) is 5.37. The zero-order valence-corrected chi connectivity index (χ0v) is 15.3. The summed E-state index contributed by atoms with van der Waals surface area (Å²) in [5, 5.41) is 10.8. The van der Waals surface area contributed by atoms with Crippen molar-refractivity contribution in [2.24, 2.45) is 0 Å². The molecule has 6 nitrogen and oxygen atoms in total. The Morgan fingerprint density at radius 1 is 1.21 bits per heavy atom. The third-order valence-electron chi connectivity index (χ3n) is 3.38. The molecule has 0 atom stereocenters. The van der Waals surface area contributed by atoms with Crippen LogP contribution in [0.15, 0.2) is 28.7 Å². The molecule has 0 amide bonds. The summed E-state index contributed by atoms with van der Waals surface area (Å²) in [6.45, 7) is 2.04. The van der Waals surface area contributed by atoms with E-state index in [9.17, 15) is 0 Å². The van der Waals surface area contributed by atoms with Crippen molar-refractivity contribution < 1.29 is 9.47 Å². The van der Waals surface area contributed by atoms with Gasteiger partial charge in [-0.2, -0.15) is 0 Å². The van der Waals surface area contributed by atoms with Crippen molar-refractivity contribution in [3.05, 3.63) is 35.1 Å². The number of aromatic nitrogens is 4. The first-order valence-corrected chi connectivity index (χ1v) is 9.31. The van der Waals surface area contributed by atoms with Crippen LogP contribution in [0.25, 0.3) is 10.6 Å². The standard InChI is InChI=1S/C16H18N4O2S2/c1-4-13-18-16(20-19-13)24-9-10-8-23-15(17-10)11-6-5-7-12(21-2)14(11)22-3/h5-8H,4,9H2,1-3H3,(H,18,19,20). The summed E-state index contributed by atoms with van der Waals surface area (Å²) in [6.07, 6.45) is 0.851. The van der Waals surface area contributed by atoms with E-state index in [0.29, 0.717) is 11.5 Å². The van der Waals surface area contributed by atoms with Crippen LogP contribution in [-0.4, -0.2) is 34.4 Å². The van der Waals surface area contributed by atoms with Crippen molar-refractivity contribution in [1.29, 1.82) is 0 Å². The highest BCUT2D eigenvalue weighted by atomic mass is 32.2. The lowest BCUT2D eigenvalue weighted by Crippen LogP contribution is -1.93. The van der Waals surface area contributed by atoms with Gasteiger partial charge in [0.1, 0.15) is 10.8 Å². The average Bonchev–Trinajstić information content (AvgIpc) is 3.28. The van der Waals surface area contributed by atoms with Crippen LogP contribution >= 0.6 is 23.1 Å². The van der Waals surface area contributed by atoms with Crippen molar-refractivity contribution in [3.63, 3.8) is 0 Å². The van der Waals surface area contributed by atoms with Crippen LogP contribution in [0.3, 0.4) is 0 Å². The molecule has 0 radical (unpaired) electrons. The van der Waals surface area contributed by atoms with E-state index in [1.165, 1.54) is 0 Å². The molecule has 2 aromatic heterocycles. The third kappa shape index (κ3) is 3.54. The Hall–Kier alpha value is -2.06. The van der Waals surface area contributed by atoms with Gasteiger partial charge in [-0.1, -0.05) is 24.8 Å². The minimum atomic E-state index is 0.703. The number of benzene rings is 1. The van der Waals surface area contributed by atoms with E-state index in [2.05, 4.69) is 20.6 Å². The second-order valence-corrected chi connectivity index (χ2v) is 6.69. The monoisotopic (exact) mass is 362 g/mol. The van der Waals surface area contributed by atoms with Crippen LogP contribution in [0.1, 0.15) is 18.4 Å². The highest BCUT2D eigenvalue weighted by Crippen LogP contribution is 2.39. The molecular weight excluding hydrogens is 344 g/mol. The molecule has 3 rings (SSSR count). The van der Waals surface area contributed by atoms with Gasteiger partial charge < -0.3 is 9.47 Å². The van der Waals surface area contributed by atoms with E-state index in [1.807, 2.05) is 25.1 Å². The predicted octanol–water partition coefficient (Wildman–Crippen LogP) is 3.80. The van der Waals surface area contributed by atoms with Crippen molar-refractivity contribution in [3.8, 4) is 22.1 Å². The van der Waals surface area contributed by atoms with Crippen LogP contribution in [0.4, 0.5) is 0 Å². The maximum atomic E-state index is 5.49. The van der Waals surface area contributed by atoms with E-state index in [0.717, 1.165) is 39.4 Å². The van der Waals surface area contributed by atoms with Crippen LogP contribution in [-0.2, 0) is 12.2 Å². The average molecular weight is 362 g/mol. The molecule has 3 aromatic rings. The molecule has 0 aliphatic carbocycles. The number of para-hydroxylation sites is 1. The Morgan fingerprint density at radius 2 is 2.08 bits per heavy atom. The second kappa shape index (κ2) is 7.67. The Bertz CT molecular complexity index is 816. The fourth-order valence-electron chi connectivity index (χ4n) is 2.19. The van der Waals surface area contributed by atoms with E-state index in [-0.39, 0.29) is 0 Å². The first-order chi connectivity index (χ1) is 11.7. The number of H-pyrrole nitrogens is 1. The van der Waals surface area contributed by atoms with Crippen molar-refractivity contribution in [2.45, 2.75) is 24.3 Å². The zero-order valence-electron chi connectivity index (χ0n) is 13.7. The summed E-state index contributed by atoms with van der Waals surface area (Å²) < 4.78 is 10.8. The molecule has 0 fully saturated rings. The summed E-state index contributed by atoms with van der Waals surface area (Å²) in [7, 11) is 3.27. The van der Waals surface area contributed by atoms with Gasteiger partial charge in [-0.25, -0.2) is 9.97 Å². The van der Waals surface area contributed by atoms with E-state index in [1.54, 1.807) is 37.3 Å². The minimum Gasteiger partial charge on any atom is -0.493 e. The summed E-state index contributed by atoms with van der Waals surface area (Å²) >= 11 is 3.16. The molecule has 0 spiro atoms. The third-order valence-corrected chi connectivity index (χ3v) is 5.19. The fourth-order valence-corrected chi connectivity index (χ4v) is 3.85. The zero-order chi connectivity index (χ0) is 16.9. The van der Waals surface area contributed by atoms with Gasteiger partial charge in [-0.15, -0.1) is 16.4 Å². The molecule has 1 N–H and O–H groups in total. The number of methoxy groups -OCH3 is 2. The summed E-state index contributed by atoms with van der Waals surface area (Å²) in [6, 6.07) is 5.80. The highest BCUT2D eigenvalue weighted by molar-refractivity contribution is 7.98. The molecule has 8 heteroatoms. The molecule has 0 bridgehead atoms. The lowest BCUT2D eigenvalue weighted by molar-refractivity contribution is 0.356. The van der Waals surface area contributed by atoms with E-state index >= 15 is 0 Å². The number of nitrogens with one attached hydrogen (secondary N) is 1. The number of aromatic amines is 1. The first-order valence-electron chi connectivity index (χ1n) is 7.45. The Balaban J connectivity index is 1.76. The maximum absolute atomic E-state index is 5.49. The van der Waals surface area contributed by atoms with Crippen molar-refractivity contribution in [1.82, 2.24) is 20.2 Å². The molecule has 0 aliphatic heterocycles. The van der Waals surface area contributed by atoms with Gasteiger partial charge >= 0.3 is 0 Å². The van der Waals surface area contributed by atoms with Gasteiger partial charge in [0.05, 0.1) is 25.5 Å². The topological polar surface area (TPSA) is 72.9 Å². The molecule has 0 aliphatic rings. The molecule has 0 unspecified atom stereocenters. The van der Waals surface area contributed by atoms with Gasteiger partial charge in [-0.3, -0.25) is 5.10 Å². The number of hydrogen-bond acceptors (Lipinski definition) is 7. The molecule has 0 saturated heterocycles. The van der Waals surface area contributed by atoms with Gasteiger partial charge in [-0.05, 0) is 12.1 Å². The second-order valence-electron chi connectivity index (χ2n) is 4.89. The number of thiazole rings is 1. The first kappa shape index (κ1) is 16.8. The molecular formula is C16H18N4O2S2. The van der Waals surface area contributed by atoms with E-state index in [4.69, 9.17) is 14.5 Å². The number of aryl methyl sites for hydroxylation is 1. The maximum Gasteiger partial charge on any atom is 0.208 e. The SMILES string of the molecule is CCc1nc(SCc2csc(-c3cccc(OC)c3OC)n2)n[nH]1. The Morgan fingerprint density at radius 3 is 2.79 bits per heavy atom. The predicted molar refractivity (Wildman–Crippen MR) is 96.0 cm³/mol. The van der Waals surface area contributed by atoms with Gasteiger partial charge in [0.25, 0.3) is 0 Å². The van der Waals surface area contributed by atoms with Crippen molar-refractivity contribution in [2.75, 3.05) is 14.2 Å². The molecule has 1 aromatic carbocycles. The van der Waals surface area contributed by atoms with Crippen LogP contribution in [0.5, 0.6) is 11.5 Å². The molecule has 24 heavy (non-hydrogen) atoms. The smallest absolute Gasteiger partial charge is 0.208 e. The minimum absolute atomic E-state index is 0.703. The highest BCUT2D eigenvalue weighted by Gasteiger charge is 2.15. The number of hydrogen-bond donors (Lipinski definition) is 1.